The van der Waals surface area contributed by atoms with Crippen LogP contribution in [0, 0.1) is 6.92 Å². The minimum atomic E-state index is 0.0406. The molecule has 0 radical (unpaired) electrons. The molecule has 1 heterocycles. The fourth-order valence-electron chi connectivity index (χ4n) is 2.11. The first-order valence-corrected chi connectivity index (χ1v) is 6.51. The summed E-state index contributed by atoms with van der Waals surface area (Å²) < 4.78 is 5.67. The highest BCUT2D eigenvalue weighted by Gasteiger charge is 2.15. The Hall–Kier alpha value is -1.83. The molecule has 0 atom stereocenters. The Morgan fingerprint density at radius 1 is 1.11 bits per heavy atom. The van der Waals surface area contributed by atoms with Gasteiger partial charge in [-0.1, -0.05) is 45.0 Å². The highest BCUT2D eigenvalue weighted by molar-refractivity contribution is 5.96. The van der Waals surface area contributed by atoms with Crippen molar-refractivity contribution in [2.45, 2.75) is 40.0 Å². The summed E-state index contributed by atoms with van der Waals surface area (Å²) in [4.78, 5) is 11.4. The maximum absolute atomic E-state index is 11.4. The number of Topliss-reactive ketones (excluding diaryl/α,β-unsaturated/α-hetero) is 1. The first-order valence-electron chi connectivity index (χ1n) is 6.51. The third kappa shape index (κ3) is 2.78. The first kappa shape index (κ1) is 13.6. The van der Waals surface area contributed by atoms with Crippen molar-refractivity contribution in [1.29, 1.82) is 0 Å². The van der Waals surface area contributed by atoms with Gasteiger partial charge in [0.25, 0.3) is 0 Å². The van der Waals surface area contributed by atoms with Crippen LogP contribution in [0.1, 0.15) is 49.4 Å². The quantitative estimate of drug-likeness (QED) is 0.725. The lowest BCUT2D eigenvalue weighted by Gasteiger charge is -2.18. The molecule has 0 aliphatic heterocycles. The molecule has 0 aliphatic rings. The molecule has 0 spiro atoms. The van der Waals surface area contributed by atoms with Crippen LogP contribution in [0.5, 0.6) is 0 Å². The zero-order chi connectivity index (χ0) is 14.2. The van der Waals surface area contributed by atoms with Gasteiger partial charge in [0.1, 0.15) is 11.5 Å². The Kier molecular flexibility index (Phi) is 3.36. The highest BCUT2D eigenvalue weighted by Crippen LogP contribution is 2.28. The van der Waals surface area contributed by atoms with E-state index in [1.807, 2.05) is 25.1 Å². The van der Waals surface area contributed by atoms with Crippen molar-refractivity contribution in [3.8, 4) is 11.3 Å². The average molecular weight is 256 g/mol. The van der Waals surface area contributed by atoms with Gasteiger partial charge in [-0.15, -0.1) is 0 Å². The van der Waals surface area contributed by atoms with Gasteiger partial charge in [0.2, 0.25) is 0 Å². The molecule has 19 heavy (non-hydrogen) atoms. The van der Waals surface area contributed by atoms with Gasteiger partial charge in [0.15, 0.2) is 5.78 Å². The zero-order valence-corrected chi connectivity index (χ0v) is 12.2. The molecule has 2 rings (SSSR count). The maximum Gasteiger partial charge on any atom is 0.163 e. The second-order valence-corrected chi connectivity index (χ2v) is 5.96. The van der Waals surface area contributed by atoms with Gasteiger partial charge in [-0.3, -0.25) is 4.79 Å². The normalized spacial score (nSPS) is 11.6. The molecule has 0 unspecified atom stereocenters. The lowest BCUT2D eigenvalue weighted by molar-refractivity contribution is 0.101. The first-order chi connectivity index (χ1) is 8.79. The number of rotatable bonds is 2. The summed E-state index contributed by atoms with van der Waals surface area (Å²) >= 11 is 0. The summed E-state index contributed by atoms with van der Waals surface area (Å²) in [6, 6.07) is 10.1. The fourth-order valence-corrected chi connectivity index (χ4v) is 2.11. The summed E-state index contributed by atoms with van der Waals surface area (Å²) in [7, 11) is 0. The van der Waals surface area contributed by atoms with Gasteiger partial charge in [0.05, 0.1) is 5.56 Å². The van der Waals surface area contributed by atoms with Crippen molar-refractivity contribution in [2.24, 2.45) is 0 Å². The van der Waals surface area contributed by atoms with E-state index in [1.165, 1.54) is 5.56 Å². The second-order valence-electron chi connectivity index (χ2n) is 5.96. The summed E-state index contributed by atoms with van der Waals surface area (Å²) in [5.41, 5.74) is 3.09. The second kappa shape index (κ2) is 4.69. The van der Waals surface area contributed by atoms with Gasteiger partial charge in [-0.05, 0) is 30.9 Å². The van der Waals surface area contributed by atoms with Crippen molar-refractivity contribution < 1.29 is 9.21 Å². The van der Waals surface area contributed by atoms with Crippen LogP contribution in [-0.2, 0) is 5.41 Å². The molecule has 0 N–H and O–H groups in total. The summed E-state index contributed by atoms with van der Waals surface area (Å²) in [6.45, 7) is 9.95. The number of benzene rings is 1. The summed E-state index contributed by atoms with van der Waals surface area (Å²) in [5.74, 6) is 1.48. The summed E-state index contributed by atoms with van der Waals surface area (Å²) in [5, 5.41) is 0. The van der Waals surface area contributed by atoms with Crippen LogP contribution >= 0.6 is 0 Å². The van der Waals surface area contributed by atoms with E-state index in [-0.39, 0.29) is 11.2 Å². The average Bonchev–Trinajstić information content (AvgIpc) is 2.70. The predicted octanol–water partition coefficient (Wildman–Crippen LogP) is 4.76. The van der Waals surface area contributed by atoms with Crippen LogP contribution < -0.4 is 0 Å². The number of carbonyl (C=O) groups excluding carboxylic acids is 1. The number of ketones is 1. The van der Waals surface area contributed by atoms with Crippen LogP contribution in [0.4, 0.5) is 0 Å². The van der Waals surface area contributed by atoms with E-state index in [1.54, 1.807) is 6.92 Å². The molecule has 0 saturated carbocycles. The third-order valence-corrected chi connectivity index (χ3v) is 3.33. The number of carbonyl (C=O) groups is 1. The van der Waals surface area contributed by atoms with Crippen molar-refractivity contribution >= 4 is 5.78 Å². The van der Waals surface area contributed by atoms with Gasteiger partial charge in [-0.2, -0.15) is 0 Å². The van der Waals surface area contributed by atoms with Crippen molar-refractivity contribution in [3.05, 3.63) is 47.2 Å². The number of hydrogen-bond acceptors (Lipinski definition) is 2. The van der Waals surface area contributed by atoms with Crippen LogP contribution in [0.15, 0.2) is 34.7 Å². The molecule has 1 aromatic carbocycles. The molecule has 2 heteroatoms. The molecule has 1 aromatic heterocycles. The van der Waals surface area contributed by atoms with Gasteiger partial charge < -0.3 is 4.42 Å². The molecule has 100 valence electrons. The Morgan fingerprint density at radius 2 is 1.68 bits per heavy atom. The molecular weight excluding hydrogens is 236 g/mol. The van der Waals surface area contributed by atoms with Crippen molar-refractivity contribution in [3.63, 3.8) is 0 Å². The summed E-state index contributed by atoms with van der Waals surface area (Å²) in [6.07, 6.45) is 0. The van der Waals surface area contributed by atoms with E-state index in [0.717, 1.165) is 11.3 Å². The molecule has 0 fully saturated rings. The van der Waals surface area contributed by atoms with E-state index in [2.05, 4.69) is 32.9 Å². The lowest BCUT2D eigenvalue weighted by Crippen LogP contribution is -2.10. The smallest absolute Gasteiger partial charge is 0.163 e. The fraction of sp³-hybridized carbons (Fsp3) is 0.353. The molecule has 0 aliphatic carbocycles. The maximum atomic E-state index is 11.4. The molecule has 2 aromatic rings. The van der Waals surface area contributed by atoms with Crippen LogP contribution in [0.3, 0.4) is 0 Å². The molecular formula is C17H20O2. The molecule has 0 amide bonds. The Bertz CT molecular complexity index is 595. The largest absolute Gasteiger partial charge is 0.461 e. The minimum Gasteiger partial charge on any atom is -0.461 e. The zero-order valence-electron chi connectivity index (χ0n) is 12.2. The van der Waals surface area contributed by atoms with Crippen LogP contribution in [0.2, 0.25) is 0 Å². The van der Waals surface area contributed by atoms with E-state index in [0.29, 0.717) is 11.3 Å². The van der Waals surface area contributed by atoms with Gasteiger partial charge in [-0.25, -0.2) is 0 Å². The van der Waals surface area contributed by atoms with Crippen LogP contribution in [0.25, 0.3) is 11.3 Å². The topological polar surface area (TPSA) is 30.2 Å². The highest BCUT2D eigenvalue weighted by atomic mass is 16.3. The number of aryl methyl sites for hydroxylation is 1. The van der Waals surface area contributed by atoms with Crippen molar-refractivity contribution in [1.82, 2.24) is 0 Å². The minimum absolute atomic E-state index is 0.0406. The van der Waals surface area contributed by atoms with E-state index < -0.39 is 0 Å². The monoisotopic (exact) mass is 256 g/mol. The number of hydrogen-bond donors (Lipinski definition) is 0. The third-order valence-electron chi connectivity index (χ3n) is 3.33. The van der Waals surface area contributed by atoms with Crippen LogP contribution in [-0.4, -0.2) is 5.78 Å². The molecule has 2 nitrogen and oxygen atoms in total. The molecule has 0 bridgehead atoms. The number of furan rings is 1. The van der Waals surface area contributed by atoms with E-state index >= 15 is 0 Å². The van der Waals surface area contributed by atoms with E-state index in [9.17, 15) is 4.79 Å². The van der Waals surface area contributed by atoms with Gasteiger partial charge in [0, 0.05) is 5.56 Å². The SMILES string of the molecule is CC(=O)c1cc(-c2ccc(C(C)(C)C)cc2)oc1C. The van der Waals surface area contributed by atoms with E-state index in [4.69, 9.17) is 4.42 Å². The van der Waals surface area contributed by atoms with Gasteiger partial charge >= 0.3 is 0 Å². The Labute approximate surface area is 114 Å². The predicted molar refractivity (Wildman–Crippen MR) is 77.6 cm³/mol. The Balaban J connectivity index is 2.38. The Morgan fingerprint density at radius 3 is 2.11 bits per heavy atom. The standard InChI is InChI=1S/C17H20O2/c1-11(18)15-10-16(19-12(15)2)13-6-8-14(9-7-13)17(3,4)5/h6-10H,1-5H3. The lowest BCUT2D eigenvalue weighted by atomic mass is 9.86. The molecule has 0 saturated heterocycles. The van der Waals surface area contributed by atoms with Crippen molar-refractivity contribution in [2.75, 3.05) is 0 Å².